The van der Waals surface area contributed by atoms with Gasteiger partial charge in [0.2, 0.25) is 0 Å². The van der Waals surface area contributed by atoms with Crippen LogP contribution in [0.25, 0.3) is 0 Å². The number of benzene rings is 1. The Kier molecular flexibility index (Phi) is 5.44. The number of carboxylic acids is 1. The predicted octanol–water partition coefficient (Wildman–Crippen LogP) is 3.73. The van der Waals surface area contributed by atoms with Crippen LogP contribution in [0, 0.1) is 13.8 Å². The van der Waals surface area contributed by atoms with E-state index >= 15 is 0 Å². The SMILES string of the molecule is COC(F)(C(F)(F)F)C(F)(F)c1cc(C)c(OCC(=O)O)c(C)c1. The van der Waals surface area contributed by atoms with Gasteiger partial charge in [0.25, 0.3) is 0 Å². The number of carboxylic acid groups (broad SMARTS) is 1. The van der Waals surface area contributed by atoms with Gasteiger partial charge in [0.05, 0.1) is 0 Å². The molecular weight excluding hydrogens is 346 g/mol. The van der Waals surface area contributed by atoms with E-state index in [1.54, 1.807) is 0 Å². The zero-order valence-corrected chi connectivity index (χ0v) is 12.8. The van der Waals surface area contributed by atoms with Crippen LogP contribution in [0.1, 0.15) is 16.7 Å². The van der Waals surface area contributed by atoms with Crippen molar-refractivity contribution >= 4 is 5.97 Å². The highest BCUT2D eigenvalue weighted by Crippen LogP contribution is 2.51. The van der Waals surface area contributed by atoms with Gasteiger partial charge in [0.1, 0.15) is 5.75 Å². The fourth-order valence-electron chi connectivity index (χ4n) is 2.10. The molecule has 4 nitrogen and oxygen atoms in total. The monoisotopic (exact) mass is 360 g/mol. The normalized spacial score (nSPS) is 15.0. The lowest BCUT2D eigenvalue weighted by Crippen LogP contribution is -2.55. The maximum Gasteiger partial charge on any atom is 0.455 e. The Morgan fingerprint density at radius 3 is 1.88 bits per heavy atom. The Morgan fingerprint density at radius 1 is 1.08 bits per heavy atom. The number of aryl methyl sites for hydroxylation is 2. The van der Waals surface area contributed by atoms with Crippen LogP contribution in [0.5, 0.6) is 5.75 Å². The molecule has 1 unspecified atom stereocenters. The lowest BCUT2D eigenvalue weighted by atomic mass is 9.96. The molecule has 0 aromatic heterocycles. The van der Waals surface area contributed by atoms with Crippen molar-refractivity contribution in [3.8, 4) is 5.75 Å². The van der Waals surface area contributed by atoms with E-state index in [9.17, 15) is 31.1 Å². The van der Waals surface area contributed by atoms with Crippen molar-refractivity contribution in [2.75, 3.05) is 13.7 Å². The first-order valence-corrected chi connectivity index (χ1v) is 6.43. The van der Waals surface area contributed by atoms with E-state index < -0.39 is 36.1 Å². The molecule has 1 aromatic carbocycles. The molecule has 0 bridgehead atoms. The fraction of sp³-hybridized carbons (Fsp3) is 0.500. The van der Waals surface area contributed by atoms with Gasteiger partial charge in [-0.1, -0.05) is 0 Å². The Hall–Kier alpha value is -1.97. The summed E-state index contributed by atoms with van der Waals surface area (Å²) in [7, 11) is 0.186. The van der Waals surface area contributed by atoms with Crippen molar-refractivity contribution in [3.05, 3.63) is 28.8 Å². The number of rotatable bonds is 6. The van der Waals surface area contributed by atoms with Gasteiger partial charge in [-0.05, 0) is 37.1 Å². The number of halogens is 6. The molecule has 1 N–H and O–H groups in total. The van der Waals surface area contributed by atoms with E-state index in [1.807, 2.05) is 0 Å². The molecule has 0 spiro atoms. The van der Waals surface area contributed by atoms with Gasteiger partial charge in [-0.2, -0.15) is 26.3 Å². The summed E-state index contributed by atoms with van der Waals surface area (Å²) in [5.41, 5.74) is -1.43. The first kappa shape index (κ1) is 20.1. The minimum Gasteiger partial charge on any atom is -0.481 e. The van der Waals surface area contributed by atoms with Gasteiger partial charge in [0.15, 0.2) is 6.61 Å². The standard InChI is InChI=1S/C14H14F6O4/c1-7-4-9(5-8(2)11(7)24-6-10(21)22)12(15,16)13(17,23-3)14(18,19)20/h4-5H,6H2,1-3H3,(H,21,22). The van der Waals surface area contributed by atoms with Crippen LogP contribution < -0.4 is 4.74 Å². The van der Waals surface area contributed by atoms with Gasteiger partial charge in [-0.25, -0.2) is 4.79 Å². The summed E-state index contributed by atoms with van der Waals surface area (Å²) in [4.78, 5) is 10.5. The number of hydrogen-bond acceptors (Lipinski definition) is 3. The Balaban J connectivity index is 3.38. The second-order valence-corrected chi connectivity index (χ2v) is 4.99. The number of hydrogen-bond donors (Lipinski definition) is 1. The van der Waals surface area contributed by atoms with E-state index in [0.717, 1.165) is 0 Å². The quantitative estimate of drug-likeness (QED) is 0.786. The average molecular weight is 360 g/mol. The maximum atomic E-state index is 14.2. The second-order valence-electron chi connectivity index (χ2n) is 4.99. The number of methoxy groups -OCH3 is 1. The van der Waals surface area contributed by atoms with Crippen LogP contribution in [0.2, 0.25) is 0 Å². The van der Waals surface area contributed by atoms with Gasteiger partial charge < -0.3 is 14.6 Å². The highest BCUT2D eigenvalue weighted by atomic mass is 19.4. The van der Waals surface area contributed by atoms with Crippen molar-refractivity contribution in [1.82, 2.24) is 0 Å². The number of alkyl halides is 6. The molecule has 0 fully saturated rings. The third kappa shape index (κ3) is 3.42. The van der Waals surface area contributed by atoms with Crippen molar-refractivity contribution < 1.29 is 45.7 Å². The van der Waals surface area contributed by atoms with Crippen molar-refractivity contribution in [1.29, 1.82) is 0 Å². The van der Waals surface area contributed by atoms with Gasteiger partial charge >= 0.3 is 23.9 Å². The Labute approximate surface area is 133 Å². The van der Waals surface area contributed by atoms with Crippen LogP contribution in [0.15, 0.2) is 12.1 Å². The molecule has 1 rings (SSSR count). The van der Waals surface area contributed by atoms with E-state index in [4.69, 9.17) is 9.84 Å². The zero-order valence-electron chi connectivity index (χ0n) is 12.8. The summed E-state index contributed by atoms with van der Waals surface area (Å²) in [6.07, 6.45) is -5.98. The molecule has 0 saturated carbocycles. The van der Waals surface area contributed by atoms with E-state index in [1.165, 1.54) is 13.8 Å². The Morgan fingerprint density at radius 2 is 1.54 bits per heavy atom. The van der Waals surface area contributed by atoms with Crippen molar-refractivity contribution in [2.24, 2.45) is 0 Å². The summed E-state index contributed by atoms with van der Waals surface area (Å²) in [6, 6.07) is 1.17. The van der Waals surface area contributed by atoms with Gasteiger partial charge in [0, 0.05) is 12.7 Å². The molecule has 0 radical (unpaired) electrons. The smallest absolute Gasteiger partial charge is 0.455 e. The van der Waals surface area contributed by atoms with Crippen molar-refractivity contribution in [3.63, 3.8) is 0 Å². The Bertz CT molecular complexity index is 605. The molecule has 0 aliphatic carbocycles. The highest BCUT2D eigenvalue weighted by molar-refractivity contribution is 5.68. The number of carbonyl (C=O) groups is 1. The van der Waals surface area contributed by atoms with Crippen LogP contribution in [-0.2, 0) is 15.5 Å². The maximum absolute atomic E-state index is 14.2. The molecular formula is C14H14F6O4. The van der Waals surface area contributed by atoms with E-state index in [2.05, 4.69) is 4.74 Å². The number of ether oxygens (including phenoxy) is 2. The van der Waals surface area contributed by atoms with Crippen LogP contribution >= 0.6 is 0 Å². The van der Waals surface area contributed by atoms with Crippen LogP contribution in [-0.4, -0.2) is 36.8 Å². The average Bonchev–Trinajstić information content (AvgIpc) is 2.43. The second kappa shape index (κ2) is 6.50. The van der Waals surface area contributed by atoms with Crippen LogP contribution in [0.4, 0.5) is 26.3 Å². The summed E-state index contributed by atoms with van der Waals surface area (Å²) in [5, 5.41) is 8.53. The summed E-state index contributed by atoms with van der Waals surface area (Å²) in [6.45, 7) is 1.65. The molecule has 0 aliphatic rings. The molecule has 24 heavy (non-hydrogen) atoms. The topological polar surface area (TPSA) is 55.8 Å². The molecule has 0 aliphatic heterocycles. The first-order valence-electron chi connectivity index (χ1n) is 6.43. The molecule has 1 aromatic rings. The third-order valence-electron chi connectivity index (χ3n) is 3.21. The minimum absolute atomic E-state index is 0.0773. The van der Waals surface area contributed by atoms with Gasteiger partial charge in [-0.3, -0.25) is 0 Å². The number of aliphatic carboxylic acids is 1. The summed E-state index contributed by atoms with van der Waals surface area (Å²) in [5.74, 6) is -11.7. The minimum atomic E-state index is -5.98. The van der Waals surface area contributed by atoms with Crippen molar-refractivity contribution in [2.45, 2.75) is 31.8 Å². The molecule has 10 heteroatoms. The zero-order chi connectivity index (χ0) is 18.9. The van der Waals surface area contributed by atoms with E-state index in [0.29, 0.717) is 12.1 Å². The van der Waals surface area contributed by atoms with E-state index in [-0.39, 0.29) is 24.0 Å². The molecule has 1 atom stereocenters. The van der Waals surface area contributed by atoms with Crippen LogP contribution in [0.3, 0.4) is 0 Å². The lowest BCUT2D eigenvalue weighted by Gasteiger charge is -2.34. The third-order valence-corrected chi connectivity index (χ3v) is 3.21. The fourth-order valence-corrected chi connectivity index (χ4v) is 2.10. The first-order chi connectivity index (χ1) is 10.8. The lowest BCUT2D eigenvalue weighted by molar-refractivity contribution is -0.398. The molecule has 0 amide bonds. The largest absolute Gasteiger partial charge is 0.481 e. The van der Waals surface area contributed by atoms with Gasteiger partial charge in [-0.15, -0.1) is 0 Å². The molecule has 136 valence electrons. The predicted molar refractivity (Wildman–Crippen MR) is 69.8 cm³/mol. The molecule has 0 heterocycles. The highest BCUT2D eigenvalue weighted by Gasteiger charge is 2.73. The summed E-state index contributed by atoms with van der Waals surface area (Å²) < 4.78 is 88.7. The summed E-state index contributed by atoms with van der Waals surface area (Å²) >= 11 is 0. The molecule has 0 saturated heterocycles.